The van der Waals surface area contributed by atoms with Gasteiger partial charge in [-0.25, -0.2) is 9.97 Å². The standard InChI is InChI=1S/C12H12N2S/c1-9-3-5-10(6-4-9)11-7-8-13-12(14-11)15-2/h3-8H,1-2H3. The summed E-state index contributed by atoms with van der Waals surface area (Å²) in [6.45, 7) is 2.08. The molecule has 0 unspecified atom stereocenters. The highest BCUT2D eigenvalue weighted by Gasteiger charge is 2.00. The van der Waals surface area contributed by atoms with Crippen molar-refractivity contribution in [1.82, 2.24) is 9.97 Å². The van der Waals surface area contributed by atoms with Gasteiger partial charge in [0.15, 0.2) is 5.16 Å². The van der Waals surface area contributed by atoms with Crippen molar-refractivity contribution in [1.29, 1.82) is 0 Å². The number of hydrogen-bond donors (Lipinski definition) is 0. The first kappa shape index (κ1) is 10.2. The number of aryl methyl sites for hydroxylation is 1. The van der Waals surface area contributed by atoms with Crippen LogP contribution in [-0.4, -0.2) is 16.2 Å². The Morgan fingerprint density at radius 2 is 1.80 bits per heavy atom. The first-order chi connectivity index (χ1) is 7.29. The normalized spacial score (nSPS) is 10.3. The molecule has 0 saturated heterocycles. The van der Waals surface area contributed by atoms with E-state index in [0.29, 0.717) is 0 Å². The molecular formula is C12H12N2S. The molecule has 3 heteroatoms. The first-order valence-electron chi connectivity index (χ1n) is 4.73. The van der Waals surface area contributed by atoms with Crippen molar-refractivity contribution >= 4 is 11.8 Å². The fourth-order valence-corrected chi connectivity index (χ4v) is 1.68. The van der Waals surface area contributed by atoms with Gasteiger partial charge in [-0.05, 0) is 19.2 Å². The van der Waals surface area contributed by atoms with E-state index in [1.807, 2.05) is 12.3 Å². The zero-order chi connectivity index (χ0) is 10.7. The lowest BCUT2D eigenvalue weighted by Gasteiger charge is -2.02. The van der Waals surface area contributed by atoms with Crippen LogP contribution in [0.2, 0.25) is 0 Å². The van der Waals surface area contributed by atoms with E-state index < -0.39 is 0 Å². The van der Waals surface area contributed by atoms with Crippen molar-refractivity contribution in [3.63, 3.8) is 0 Å². The van der Waals surface area contributed by atoms with Gasteiger partial charge >= 0.3 is 0 Å². The summed E-state index contributed by atoms with van der Waals surface area (Å²) in [7, 11) is 0. The lowest BCUT2D eigenvalue weighted by molar-refractivity contribution is 0.976. The number of rotatable bonds is 2. The van der Waals surface area contributed by atoms with Crippen LogP contribution in [0.3, 0.4) is 0 Å². The number of hydrogen-bond acceptors (Lipinski definition) is 3. The third kappa shape index (κ3) is 2.36. The number of thioether (sulfide) groups is 1. The van der Waals surface area contributed by atoms with Crippen molar-refractivity contribution in [2.45, 2.75) is 12.1 Å². The Morgan fingerprint density at radius 1 is 1.07 bits per heavy atom. The molecule has 0 amide bonds. The maximum Gasteiger partial charge on any atom is 0.187 e. The van der Waals surface area contributed by atoms with Crippen LogP contribution in [0.4, 0.5) is 0 Å². The van der Waals surface area contributed by atoms with Gasteiger partial charge in [-0.3, -0.25) is 0 Å². The summed E-state index contributed by atoms with van der Waals surface area (Å²) >= 11 is 1.56. The minimum Gasteiger partial charge on any atom is -0.231 e. The summed E-state index contributed by atoms with van der Waals surface area (Å²) in [6.07, 6.45) is 3.78. The molecule has 0 aliphatic carbocycles. The molecule has 2 aromatic rings. The highest BCUT2D eigenvalue weighted by atomic mass is 32.2. The third-order valence-electron chi connectivity index (χ3n) is 2.16. The van der Waals surface area contributed by atoms with E-state index in [1.165, 1.54) is 5.56 Å². The highest BCUT2D eigenvalue weighted by molar-refractivity contribution is 7.98. The molecule has 0 N–H and O–H groups in total. The largest absolute Gasteiger partial charge is 0.231 e. The summed E-state index contributed by atoms with van der Waals surface area (Å²) in [5, 5.41) is 0.813. The van der Waals surface area contributed by atoms with Gasteiger partial charge in [0, 0.05) is 11.8 Å². The van der Waals surface area contributed by atoms with Gasteiger partial charge in [0.1, 0.15) is 0 Å². The molecule has 0 aliphatic rings. The molecule has 1 heterocycles. The molecular weight excluding hydrogens is 204 g/mol. The molecule has 2 nitrogen and oxygen atoms in total. The van der Waals surface area contributed by atoms with E-state index in [0.717, 1.165) is 16.4 Å². The first-order valence-corrected chi connectivity index (χ1v) is 5.96. The molecule has 76 valence electrons. The van der Waals surface area contributed by atoms with Crippen molar-refractivity contribution in [3.05, 3.63) is 42.1 Å². The summed E-state index contributed by atoms with van der Waals surface area (Å²) in [4.78, 5) is 8.60. The molecule has 1 aromatic heterocycles. The lowest BCUT2D eigenvalue weighted by Crippen LogP contribution is -1.88. The Morgan fingerprint density at radius 3 is 2.47 bits per heavy atom. The SMILES string of the molecule is CSc1nccc(-c2ccc(C)cc2)n1. The van der Waals surface area contributed by atoms with Crippen LogP contribution in [0.1, 0.15) is 5.56 Å². The zero-order valence-corrected chi connectivity index (χ0v) is 9.58. The minimum absolute atomic E-state index is 0.813. The van der Waals surface area contributed by atoms with Gasteiger partial charge < -0.3 is 0 Å². The second-order valence-corrected chi connectivity index (χ2v) is 4.07. The van der Waals surface area contributed by atoms with Crippen molar-refractivity contribution < 1.29 is 0 Å². The van der Waals surface area contributed by atoms with Crippen LogP contribution >= 0.6 is 11.8 Å². The van der Waals surface area contributed by atoms with Gasteiger partial charge in [-0.1, -0.05) is 41.6 Å². The van der Waals surface area contributed by atoms with Crippen molar-refractivity contribution in [2.24, 2.45) is 0 Å². The summed E-state index contributed by atoms with van der Waals surface area (Å²) in [5.74, 6) is 0. The average Bonchev–Trinajstić information content (AvgIpc) is 2.30. The number of aromatic nitrogens is 2. The molecule has 2 rings (SSSR count). The summed E-state index contributed by atoms with van der Waals surface area (Å²) in [6, 6.07) is 10.3. The van der Waals surface area contributed by atoms with Crippen LogP contribution in [0.25, 0.3) is 11.3 Å². The van der Waals surface area contributed by atoms with Gasteiger partial charge in [0.05, 0.1) is 5.69 Å². The van der Waals surface area contributed by atoms with Crippen LogP contribution < -0.4 is 0 Å². The summed E-state index contributed by atoms with van der Waals surface area (Å²) < 4.78 is 0. The van der Waals surface area contributed by atoms with E-state index in [-0.39, 0.29) is 0 Å². The topological polar surface area (TPSA) is 25.8 Å². The van der Waals surface area contributed by atoms with Gasteiger partial charge in [-0.2, -0.15) is 0 Å². The molecule has 0 aliphatic heterocycles. The van der Waals surface area contributed by atoms with E-state index in [4.69, 9.17) is 0 Å². The molecule has 0 spiro atoms. The molecule has 0 saturated carbocycles. The van der Waals surface area contributed by atoms with Crippen LogP contribution in [0, 0.1) is 6.92 Å². The molecule has 15 heavy (non-hydrogen) atoms. The molecule has 0 radical (unpaired) electrons. The van der Waals surface area contributed by atoms with E-state index in [9.17, 15) is 0 Å². The third-order valence-corrected chi connectivity index (χ3v) is 2.73. The number of benzene rings is 1. The predicted octanol–water partition coefficient (Wildman–Crippen LogP) is 3.17. The van der Waals surface area contributed by atoms with E-state index in [1.54, 1.807) is 18.0 Å². The predicted molar refractivity (Wildman–Crippen MR) is 64.0 cm³/mol. The second-order valence-electron chi connectivity index (χ2n) is 3.29. The summed E-state index contributed by atoms with van der Waals surface area (Å²) in [5.41, 5.74) is 3.38. The number of nitrogens with zero attached hydrogens (tertiary/aromatic N) is 2. The van der Waals surface area contributed by atoms with Crippen LogP contribution in [0.5, 0.6) is 0 Å². The quantitative estimate of drug-likeness (QED) is 0.569. The second kappa shape index (κ2) is 4.45. The maximum absolute atomic E-state index is 4.44. The highest BCUT2D eigenvalue weighted by Crippen LogP contribution is 2.19. The molecule has 0 fully saturated rings. The van der Waals surface area contributed by atoms with Crippen molar-refractivity contribution in [2.75, 3.05) is 6.26 Å². The fourth-order valence-electron chi connectivity index (χ4n) is 1.32. The van der Waals surface area contributed by atoms with Gasteiger partial charge in [0.2, 0.25) is 0 Å². The van der Waals surface area contributed by atoms with E-state index >= 15 is 0 Å². The molecule has 1 aromatic carbocycles. The maximum atomic E-state index is 4.44. The Labute approximate surface area is 93.8 Å². The Bertz CT molecular complexity index is 451. The monoisotopic (exact) mass is 216 g/mol. The zero-order valence-electron chi connectivity index (χ0n) is 8.77. The molecule has 0 bridgehead atoms. The fraction of sp³-hybridized carbons (Fsp3) is 0.167. The Balaban J connectivity index is 2.40. The molecule has 0 atom stereocenters. The minimum atomic E-state index is 0.813. The average molecular weight is 216 g/mol. The van der Waals surface area contributed by atoms with E-state index in [2.05, 4.69) is 41.2 Å². The Kier molecular flexibility index (Phi) is 3.02. The van der Waals surface area contributed by atoms with Crippen LogP contribution in [-0.2, 0) is 0 Å². The lowest BCUT2D eigenvalue weighted by atomic mass is 10.1. The Hall–Kier alpha value is -1.35. The van der Waals surface area contributed by atoms with Gasteiger partial charge in [0.25, 0.3) is 0 Å². The van der Waals surface area contributed by atoms with Gasteiger partial charge in [-0.15, -0.1) is 0 Å². The smallest absolute Gasteiger partial charge is 0.187 e. The van der Waals surface area contributed by atoms with Crippen molar-refractivity contribution in [3.8, 4) is 11.3 Å². The van der Waals surface area contributed by atoms with Crippen LogP contribution in [0.15, 0.2) is 41.7 Å².